The zero-order valence-electron chi connectivity index (χ0n) is 7.70. The van der Waals surface area contributed by atoms with Crippen molar-refractivity contribution in [3.63, 3.8) is 0 Å². The largest absolute Gasteiger partial charge is 0.207 e. The first kappa shape index (κ1) is 11.0. The van der Waals surface area contributed by atoms with Crippen molar-refractivity contribution < 1.29 is 8.78 Å². The Bertz CT molecular complexity index is 388. The van der Waals surface area contributed by atoms with Crippen LogP contribution in [-0.4, -0.2) is 5.88 Å². The molecule has 0 radical (unpaired) electrons. The molecule has 0 saturated heterocycles. The summed E-state index contributed by atoms with van der Waals surface area (Å²) in [5.74, 6) is 4.53. The van der Waals surface area contributed by atoms with Crippen LogP contribution in [0.4, 0.5) is 8.78 Å². The van der Waals surface area contributed by atoms with Crippen molar-refractivity contribution in [3.05, 3.63) is 34.9 Å². The van der Waals surface area contributed by atoms with Gasteiger partial charge in [-0.3, -0.25) is 0 Å². The molecule has 3 heteroatoms. The van der Waals surface area contributed by atoms with Gasteiger partial charge in [0.1, 0.15) is 11.6 Å². The Kier molecular flexibility index (Phi) is 3.91. The molecular formula is C11H9ClF2. The maximum absolute atomic E-state index is 13.1. The van der Waals surface area contributed by atoms with Gasteiger partial charge in [-0.2, -0.15) is 0 Å². The molecule has 0 aromatic heterocycles. The van der Waals surface area contributed by atoms with Gasteiger partial charge in [-0.25, -0.2) is 8.78 Å². The van der Waals surface area contributed by atoms with Crippen LogP contribution in [-0.2, 0) is 0 Å². The highest BCUT2D eigenvalue weighted by molar-refractivity contribution is 6.18. The Morgan fingerprint density at radius 3 is 2.64 bits per heavy atom. The van der Waals surface area contributed by atoms with Crippen LogP contribution in [0.5, 0.6) is 0 Å². The molecule has 0 N–H and O–H groups in total. The number of hydrogen-bond acceptors (Lipinski definition) is 0. The number of benzene rings is 1. The van der Waals surface area contributed by atoms with Crippen LogP contribution in [0.15, 0.2) is 12.1 Å². The maximum Gasteiger partial charge on any atom is 0.141 e. The highest BCUT2D eigenvalue weighted by Crippen LogP contribution is 2.12. The van der Waals surface area contributed by atoms with Crippen LogP contribution < -0.4 is 0 Å². The molecule has 1 aromatic carbocycles. The van der Waals surface area contributed by atoms with Gasteiger partial charge in [-0.1, -0.05) is 11.8 Å². The van der Waals surface area contributed by atoms with Crippen molar-refractivity contribution in [2.24, 2.45) is 0 Å². The average molecular weight is 215 g/mol. The third kappa shape index (κ3) is 2.71. The van der Waals surface area contributed by atoms with E-state index in [1.165, 1.54) is 6.07 Å². The number of alkyl halides is 1. The Morgan fingerprint density at radius 2 is 2.00 bits per heavy atom. The fraction of sp³-hybridized carbons (Fsp3) is 0.273. The van der Waals surface area contributed by atoms with Gasteiger partial charge in [0.15, 0.2) is 0 Å². The molecular weight excluding hydrogens is 206 g/mol. The molecule has 0 unspecified atom stereocenters. The Labute approximate surface area is 86.9 Å². The second-order valence-electron chi connectivity index (χ2n) is 2.82. The van der Waals surface area contributed by atoms with Crippen LogP contribution in [0.1, 0.15) is 17.5 Å². The summed E-state index contributed by atoms with van der Waals surface area (Å²) < 4.78 is 25.9. The lowest BCUT2D eigenvalue weighted by Crippen LogP contribution is -1.90. The first-order valence-corrected chi connectivity index (χ1v) is 4.69. The summed E-state index contributed by atoms with van der Waals surface area (Å²) in [4.78, 5) is 0. The van der Waals surface area contributed by atoms with Crippen molar-refractivity contribution in [1.29, 1.82) is 0 Å². The molecule has 0 nitrogen and oxygen atoms in total. The molecule has 0 fully saturated rings. The predicted octanol–water partition coefficient (Wildman–Crippen LogP) is 3.25. The first-order valence-electron chi connectivity index (χ1n) is 4.15. The number of rotatable bonds is 1. The summed E-state index contributed by atoms with van der Waals surface area (Å²) in [6.07, 6.45) is 0.497. The molecule has 0 aliphatic carbocycles. The standard InChI is InChI=1S/C11H9ClF2/c1-8-6-9(4-2-3-5-12)11(14)7-10(8)13/h6-7H,3,5H2,1H3. The molecule has 0 aliphatic rings. The summed E-state index contributed by atoms with van der Waals surface area (Å²) in [6.45, 7) is 1.57. The molecule has 0 aliphatic heterocycles. The van der Waals surface area contributed by atoms with E-state index in [0.717, 1.165) is 6.07 Å². The van der Waals surface area contributed by atoms with Gasteiger partial charge in [-0.05, 0) is 18.6 Å². The third-order valence-corrected chi connectivity index (χ3v) is 1.88. The number of hydrogen-bond donors (Lipinski definition) is 0. The molecule has 0 atom stereocenters. The van der Waals surface area contributed by atoms with Gasteiger partial charge < -0.3 is 0 Å². The van der Waals surface area contributed by atoms with E-state index in [-0.39, 0.29) is 5.56 Å². The van der Waals surface area contributed by atoms with Gasteiger partial charge in [0.25, 0.3) is 0 Å². The van der Waals surface area contributed by atoms with Crippen LogP contribution in [0, 0.1) is 30.4 Å². The van der Waals surface area contributed by atoms with Crippen molar-refractivity contribution in [2.75, 3.05) is 5.88 Å². The van der Waals surface area contributed by atoms with Crippen molar-refractivity contribution in [3.8, 4) is 11.8 Å². The van der Waals surface area contributed by atoms with E-state index in [1.807, 2.05) is 0 Å². The quantitative estimate of drug-likeness (QED) is 0.497. The third-order valence-electron chi connectivity index (χ3n) is 1.69. The summed E-state index contributed by atoms with van der Waals surface area (Å²) in [6, 6.07) is 2.24. The molecule has 1 aromatic rings. The average Bonchev–Trinajstić information content (AvgIpc) is 2.14. The summed E-state index contributed by atoms with van der Waals surface area (Å²) in [5.41, 5.74) is 0.607. The smallest absolute Gasteiger partial charge is 0.141 e. The molecule has 0 amide bonds. The summed E-state index contributed by atoms with van der Waals surface area (Å²) in [7, 11) is 0. The van der Waals surface area contributed by atoms with Crippen molar-refractivity contribution in [2.45, 2.75) is 13.3 Å². The lowest BCUT2D eigenvalue weighted by atomic mass is 10.1. The summed E-state index contributed by atoms with van der Waals surface area (Å²) in [5, 5.41) is 0. The van der Waals surface area contributed by atoms with E-state index in [0.29, 0.717) is 17.9 Å². The van der Waals surface area contributed by atoms with Crippen LogP contribution in [0.2, 0.25) is 0 Å². The lowest BCUT2D eigenvalue weighted by molar-refractivity contribution is 0.575. The summed E-state index contributed by atoms with van der Waals surface area (Å²) >= 11 is 5.41. The number of aryl methyl sites for hydroxylation is 1. The zero-order chi connectivity index (χ0) is 10.6. The molecule has 74 valence electrons. The van der Waals surface area contributed by atoms with Gasteiger partial charge in [0, 0.05) is 18.4 Å². The normalized spacial score (nSPS) is 9.43. The molecule has 14 heavy (non-hydrogen) atoms. The van der Waals surface area contributed by atoms with E-state index in [1.54, 1.807) is 6.92 Å². The number of halogens is 3. The minimum atomic E-state index is -0.629. The van der Waals surface area contributed by atoms with Crippen LogP contribution >= 0.6 is 11.6 Å². The molecule has 0 heterocycles. The van der Waals surface area contributed by atoms with Gasteiger partial charge in [0.05, 0.1) is 5.56 Å². The maximum atomic E-state index is 13.1. The highest BCUT2D eigenvalue weighted by Gasteiger charge is 2.04. The first-order chi connectivity index (χ1) is 6.65. The van der Waals surface area contributed by atoms with Crippen LogP contribution in [0.25, 0.3) is 0 Å². The lowest BCUT2D eigenvalue weighted by Gasteiger charge is -1.98. The topological polar surface area (TPSA) is 0 Å². The molecule has 1 rings (SSSR count). The SMILES string of the molecule is Cc1cc(C#CCCCl)c(F)cc1F. The van der Waals surface area contributed by atoms with Gasteiger partial charge in [0.2, 0.25) is 0 Å². The van der Waals surface area contributed by atoms with E-state index in [2.05, 4.69) is 11.8 Å². The molecule has 0 saturated carbocycles. The minimum absolute atomic E-state index is 0.217. The highest BCUT2D eigenvalue weighted by atomic mass is 35.5. The van der Waals surface area contributed by atoms with Gasteiger partial charge in [-0.15, -0.1) is 11.6 Å². The Morgan fingerprint density at radius 1 is 1.29 bits per heavy atom. The molecule has 0 spiro atoms. The van der Waals surface area contributed by atoms with E-state index >= 15 is 0 Å². The van der Waals surface area contributed by atoms with E-state index in [4.69, 9.17) is 11.6 Å². The zero-order valence-corrected chi connectivity index (χ0v) is 8.46. The van der Waals surface area contributed by atoms with Crippen molar-refractivity contribution in [1.82, 2.24) is 0 Å². The van der Waals surface area contributed by atoms with Crippen LogP contribution in [0.3, 0.4) is 0 Å². The minimum Gasteiger partial charge on any atom is -0.207 e. The fourth-order valence-corrected chi connectivity index (χ4v) is 1.05. The van der Waals surface area contributed by atoms with E-state index < -0.39 is 11.6 Å². The van der Waals surface area contributed by atoms with Gasteiger partial charge >= 0.3 is 0 Å². The predicted molar refractivity (Wildman–Crippen MR) is 53.3 cm³/mol. The Balaban J connectivity index is 3.00. The van der Waals surface area contributed by atoms with Crippen molar-refractivity contribution >= 4 is 11.6 Å². The second-order valence-corrected chi connectivity index (χ2v) is 3.20. The fourth-order valence-electron chi connectivity index (χ4n) is 0.958. The Hall–Kier alpha value is -1.07. The molecule has 0 bridgehead atoms. The second kappa shape index (κ2) is 4.97. The van der Waals surface area contributed by atoms with E-state index in [9.17, 15) is 8.78 Å². The monoisotopic (exact) mass is 214 g/mol.